The van der Waals surface area contributed by atoms with Crippen LogP contribution in [0.25, 0.3) is 0 Å². The van der Waals surface area contributed by atoms with Crippen LogP contribution in [0.4, 0.5) is 11.4 Å². The van der Waals surface area contributed by atoms with Crippen LogP contribution in [0.1, 0.15) is 41.0 Å². The summed E-state index contributed by atoms with van der Waals surface area (Å²) >= 11 is 0. The second-order valence-electron chi connectivity index (χ2n) is 6.42. The normalized spacial score (nSPS) is 12.2. The van der Waals surface area contributed by atoms with Gasteiger partial charge >= 0.3 is 0 Å². The molecule has 0 spiro atoms. The van der Waals surface area contributed by atoms with Gasteiger partial charge in [0.05, 0.1) is 0 Å². The minimum Gasteiger partial charge on any atom is -0.344 e. The Kier molecular flexibility index (Phi) is 6.30. The van der Waals surface area contributed by atoms with Crippen molar-refractivity contribution in [2.45, 2.75) is 47.1 Å². The summed E-state index contributed by atoms with van der Waals surface area (Å²) in [6, 6.07) is 6.21. The zero-order chi connectivity index (χ0) is 17.6. The van der Waals surface area contributed by atoms with Crippen LogP contribution < -0.4 is 16.0 Å². The lowest BCUT2D eigenvalue weighted by Crippen LogP contribution is -2.46. The molecule has 1 aromatic rings. The van der Waals surface area contributed by atoms with E-state index in [-0.39, 0.29) is 17.7 Å². The molecule has 3 N–H and O–H groups in total. The van der Waals surface area contributed by atoms with Crippen molar-refractivity contribution in [1.29, 1.82) is 0 Å². The highest BCUT2D eigenvalue weighted by atomic mass is 16.2. The fraction of sp³-hybridized carbons (Fsp3) is 0.471. The lowest BCUT2D eigenvalue weighted by atomic mass is 9.95. The molecule has 23 heavy (non-hydrogen) atoms. The van der Waals surface area contributed by atoms with Gasteiger partial charge in [0.15, 0.2) is 0 Å². The molecule has 0 aliphatic carbocycles. The summed E-state index contributed by atoms with van der Waals surface area (Å²) in [5.74, 6) is -0.607. The summed E-state index contributed by atoms with van der Waals surface area (Å²) in [5, 5.41) is 8.13. The maximum absolute atomic E-state index is 12.2. The van der Waals surface area contributed by atoms with Crippen LogP contribution in [0.5, 0.6) is 0 Å². The van der Waals surface area contributed by atoms with Gasteiger partial charge in [0.2, 0.25) is 17.7 Å². The molecule has 126 valence electrons. The van der Waals surface area contributed by atoms with Gasteiger partial charge in [-0.2, -0.15) is 0 Å². The molecule has 6 nitrogen and oxygen atoms in total. The van der Waals surface area contributed by atoms with Crippen molar-refractivity contribution >= 4 is 29.1 Å². The van der Waals surface area contributed by atoms with E-state index in [2.05, 4.69) is 16.0 Å². The smallest absolute Gasteiger partial charge is 0.246 e. The summed E-state index contributed by atoms with van der Waals surface area (Å²) in [7, 11) is 0. The molecule has 0 fully saturated rings. The molecule has 0 aromatic heterocycles. The number of nitrogens with one attached hydrogen (secondary N) is 3. The van der Waals surface area contributed by atoms with E-state index in [1.54, 1.807) is 58.9 Å². The van der Waals surface area contributed by atoms with Crippen LogP contribution in [0.3, 0.4) is 0 Å². The van der Waals surface area contributed by atoms with E-state index in [1.165, 1.54) is 0 Å². The number of hydrogen-bond acceptors (Lipinski definition) is 3. The Morgan fingerprint density at radius 2 is 1.65 bits per heavy atom. The van der Waals surface area contributed by atoms with Crippen molar-refractivity contribution in [1.82, 2.24) is 5.32 Å². The second-order valence-corrected chi connectivity index (χ2v) is 6.42. The maximum atomic E-state index is 12.2. The fourth-order valence-corrected chi connectivity index (χ4v) is 1.65. The van der Waals surface area contributed by atoms with E-state index in [9.17, 15) is 14.4 Å². The number of rotatable bonds is 5. The highest BCUT2D eigenvalue weighted by Gasteiger charge is 2.25. The number of carbonyl (C=O) groups is 3. The summed E-state index contributed by atoms with van der Waals surface area (Å²) in [4.78, 5) is 35.4. The molecule has 0 aliphatic heterocycles. The van der Waals surface area contributed by atoms with Gasteiger partial charge in [0.1, 0.15) is 6.04 Å². The summed E-state index contributed by atoms with van der Waals surface area (Å²) < 4.78 is 0. The molecule has 0 saturated carbocycles. The molecule has 1 unspecified atom stereocenters. The Morgan fingerprint density at radius 3 is 2.17 bits per heavy atom. The van der Waals surface area contributed by atoms with Crippen LogP contribution in [0.15, 0.2) is 24.3 Å². The van der Waals surface area contributed by atoms with Crippen LogP contribution in [0.2, 0.25) is 0 Å². The van der Waals surface area contributed by atoms with Crippen LogP contribution in [-0.2, 0) is 14.4 Å². The molecule has 1 atom stereocenters. The van der Waals surface area contributed by atoms with E-state index in [0.717, 1.165) is 0 Å². The molecule has 0 bridgehead atoms. The third kappa shape index (κ3) is 6.10. The van der Waals surface area contributed by atoms with Gasteiger partial charge in [-0.05, 0) is 25.1 Å². The van der Waals surface area contributed by atoms with E-state index in [4.69, 9.17) is 0 Å². The standard InChI is InChI=1S/C17H25N3O3/c1-6-14(21)19-12-8-7-9-13(10-12)20-15(22)11(2)18-16(23)17(3,4)5/h7-11H,6H2,1-5H3,(H,18,23)(H,19,21)(H,20,22). The van der Waals surface area contributed by atoms with Gasteiger partial charge in [-0.1, -0.05) is 33.8 Å². The Balaban J connectivity index is 2.68. The molecular formula is C17H25N3O3. The van der Waals surface area contributed by atoms with Gasteiger partial charge in [-0.3, -0.25) is 14.4 Å². The number of carbonyl (C=O) groups excluding carboxylic acids is 3. The third-order valence-electron chi connectivity index (χ3n) is 3.16. The Hall–Kier alpha value is -2.37. The zero-order valence-corrected chi connectivity index (χ0v) is 14.3. The Labute approximate surface area is 137 Å². The average molecular weight is 319 g/mol. The van der Waals surface area contributed by atoms with Crippen molar-refractivity contribution in [2.24, 2.45) is 5.41 Å². The van der Waals surface area contributed by atoms with Gasteiger partial charge in [-0.25, -0.2) is 0 Å². The van der Waals surface area contributed by atoms with Crippen molar-refractivity contribution in [3.05, 3.63) is 24.3 Å². The zero-order valence-electron chi connectivity index (χ0n) is 14.3. The Bertz CT molecular complexity index is 591. The first-order chi connectivity index (χ1) is 10.6. The lowest BCUT2D eigenvalue weighted by Gasteiger charge is -2.21. The average Bonchev–Trinajstić information content (AvgIpc) is 2.46. The van der Waals surface area contributed by atoms with Gasteiger partial charge < -0.3 is 16.0 Å². The van der Waals surface area contributed by atoms with Crippen molar-refractivity contribution in [2.75, 3.05) is 10.6 Å². The number of amides is 3. The molecule has 0 heterocycles. The van der Waals surface area contributed by atoms with Gasteiger partial charge in [0, 0.05) is 23.2 Å². The van der Waals surface area contributed by atoms with Gasteiger partial charge in [-0.15, -0.1) is 0 Å². The largest absolute Gasteiger partial charge is 0.344 e. The maximum Gasteiger partial charge on any atom is 0.246 e. The van der Waals surface area contributed by atoms with Crippen LogP contribution >= 0.6 is 0 Å². The van der Waals surface area contributed by atoms with Crippen LogP contribution in [0, 0.1) is 5.41 Å². The minimum absolute atomic E-state index is 0.0979. The topological polar surface area (TPSA) is 87.3 Å². The van der Waals surface area contributed by atoms with Crippen LogP contribution in [-0.4, -0.2) is 23.8 Å². The fourth-order valence-electron chi connectivity index (χ4n) is 1.65. The van der Waals surface area contributed by atoms with E-state index in [1.807, 2.05) is 0 Å². The first-order valence-electron chi connectivity index (χ1n) is 7.65. The molecule has 0 radical (unpaired) electrons. The van der Waals surface area contributed by atoms with Crippen molar-refractivity contribution in [3.8, 4) is 0 Å². The molecule has 0 saturated heterocycles. The van der Waals surface area contributed by atoms with E-state index >= 15 is 0 Å². The first kappa shape index (κ1) is 18.7. The van der Waals surface area contributed by atoms with Crippen molar-refractivity contribution < 1.29 is 14.4 Å². The first-order valence-corrected chi connectivity index (χ1v) is 7.65. The summed E-state index contributed by atoms with van der Waals surface area (Å²) in [6.45, 7) is 8.74. The number of anilines is 2. The third-order valence-corrected chi connectivity index (χ3v) is 3.16. The second kappa shape index (κ2) is 7.76. The predicted molar refractivity (Wildman–Crippen MR) is 91.1 cm³/mol. The molecule has 0 aliphatic rings. The number of hydrogen-bond donors (Lipinski definition) is 3. The van der Waals surface area contributed by atoms with E-state index in [0.29, 0.717) is 17.8 Å². The highest BCUT2D eigenvalue weighted by molar-refractivity contribution is 5.98. The van der Waals surface area contributed by atoms with Crippen molar-refractivity contribution in [3.63, 3.8) is 0 Å². The summed E-state index contributed by atoms with van der Waals surface area (Å²) in [5.41, 5.74) is 0.612. The molecule has 3 amide bonds. The minimum atomic E-state index is -0.657. The summed E-state index contributed by atoms with van der Waals surface area (Å²) in [6.07, 6.45) is 0.381. The Morgan fingerprint density at radius 1 is 1.09 bits per heavy atom. The lowest BCUT2D eigenvalue weighted by molar-refractivity contribution is -0.131. The highest BCUT2D eigenvalue weighted by Crippen LogP contribution is 2.16. The molecular weight excluding hydrogens is 294 g/mol. The number of benzene rings is 1. The van der Waals surface area contributed by atoms with Gasteiger partial charge in [0.25, 0.3) is 0 Å². The molecule has 1 rings (SSSR count). The molecule has 6 heteroatoms. The van der Waals surface area contributed by atoms with E-state index < -0.39 is 11.5 Å². The SMILES string of the molecule is CCC(=O)Nc1cccc(NC(=O)C(C)NC(=O)C(C)(C)C)c1. The predicted octanol–water partition coefficient (Wildman–Crippen LogP) is 2.52. The quantitative estimate of drug-likeness (QED) is 0.779. The molecule has 1 aromatic carbocycles. The monoisotopic (exact) mass is 319 g/mol.